The number of amides is 3. The first-order chi connectivity index (χ1) is 26.7. The van der Waals surface area contributed by atoms with Gasteiger partial charge in [0.2, 0.25) is 27.7 Å². The standard InChI is InChI=1S/C41H55N5O9S/c1-25(2)35-37(43-32-21-29(53-4)16-17-31(32)42-35)55-30-22-33-36(48)44-41(39(50)45-56(51,52)40(3)18-19-40)23-27(41)13-9-7-5-6-8-12-26(38(49)46(33)24-30)20-34(47)54-28-14-10-11-15-28/h9,13,16-17,21,25-28,30,33H,5-8,10-12,14-15,18-20,22-24H2,1-4H3,(H,44,48)(H,45,50)/b13-9-/t26-,27-,30-,33+,41-/m1/s1. The van der Waals surface area contributed by atoms with Gasteiger partial charge in [0, 0.05) is 30.2 Å². The van der Waals surface area contributed by atoms with Gasteiger partial charge in [-0.05, 0) is 83.3 Å². The van der Waals surface area contributed by atoms with Crippen LogP contribution in [0.15, 0.2) is 30.4 Å². The van der Waals surface area contributed by atoms with Crippen molar-refractivity contribution in [3.63, 3.8) is 0 Å². The lowest BCUT2D eigenvalue weighted by molar-refractivity contribution is -0.154. The molecule has 2 N–H and O–H groups in total. The molecule has 3 saturated carbocycles. The van der Waals surface area contributed by atoms with Gasteiger partial charge in [-0.2, -0.15) is 0 Å². The van der Waals surface area contributed by atoms with E-state index in [-0.39, 0.29) is 49.6 Å². The van der Waals surface area contributed by atoms with E-state index in [1.807, 2.05) is 38.1 Å². The largest absolute Gasteiger partial charge is 0.497 e. The first kappa shape index (κ1) is 39.9. The monoisotopic (exact) mass is 793 g/mol. The predicted octanol–water partition coefficient (Wildman–Crippen LogP) is 5.00. The second kappa shape index (κ2) is 15.9. The first-order valence-electron chi connectivity index (χ1n) is 20.3. The van der Waals surface area contributed by atoms with Crippen molar-refractivity contribution in [1.82, 2.24) is 24.9 Å². The minimum absolute atomic E-state index is 0.0235. The average Bonchev–Trinajstić information content (AvgIpc) is 3.93. The summed E-state index contributed by atoms with van der Waals surface area (Å²) in [5.74, 6) is -2.49. The van der Waals surface area contributed by atoms with E-state index in [2.05, 4.69) is 10.0 Å². The summed E-state index contributed by atoms with van der Waals surface area (Å²) in [5.41, 5.74) is 0.334. The van der Waals surface area contributed by atoms with Crippen LogP contribution in [-0.2, 0) is 33.9 Å². The maximum Gasteiger partial charge on any atom is 0.306 e. The fraction of sp³-hybridized carbons (Fsp3) is 0.659. The van der Waals surface area contributed by atoms with Gasteiger partial charge in [0.05, 0.1) is 35.9 Å². The quantitative estimate of drug-likeness (QED) is 0.244. The zero-order valence-corrected chi connectivity index (χ0v) is 33.7. The third-order valence-electron chi connectivity index (χ3n) is 12.3. The van der Waals surface area contributed by atoms with E-state index in [9.17, 15) is 27.6 Å². The number of nitrogens with one attached hydrogen (secondary N) is 2. The molecule has 5 aliphatic rings. The van der Waals surface area contributed by atoms with Crippen molar-refractivity contribution in [2.45, 2.75) is 145 Å². The van der Waals surface area contributed by atoms with Gasteiger partial charge < -0.3 is 24.4 Å². The normalized spacial score (nSPS) is 28.7. The van der Waals surface area contributed by atoms with Gasteiger partial charge >= 0.3 is 5.97 Å². The first-order valence-corrected chi connectivity index (χ1v) is 21.8. The number of carbonyl (C=O) groups is 4. The molecule has 15 heteroatoms. The molecule has 3 amide bonds. The van der Waals surface area contributed by atoms with E-state index in [1.54, 1.807) is 20.1 Å². The molecule has 304 valence electrons. The molecule has 1 saturated heterocycles. The van der Waals surface area contributed by atoms with Crippen LogP contribution in [0.2, 0.25) is 0 Å². The summed E-state index contributed by atoms with van der Waals surface area (Å²) in [6.07, 6.45) is 11.2. The van der Waals surface area contributed by atoms with Crippen molar-refractivity contribution in [3.8, 4) is 11.6 Å². The van der Waals surface area contributed by atoms with Crippen molar-refractivity contribution in [2.75, 3.05) is 13.7 Å². The van der Waals surface area contributed by atoms with Crippen molar-refractivity contribution >= 4 is 44.7 Å². The number of hydrogen-bond acceptors (Lipinski definition) is 11. The van der Waals surface area contributed by atoms with E-state index >= 15 is 0 Å². The molecule has 3 heterocycles. The molecule has 1 aromatic heterocycles. The molecule has 2 aliphatic heterocycles. The van der Waals surface area contributed by atoms with Crippen molar-refractivity contribution in [1.29, 1.82) is 0 Å². The van der Waals surface area contributed by atoms with E-state index in [4.69, 9.17) is 24.2 Å². The maximum atomic E-state index is 14.7. The van der Waals surface area contributed by atoms with Crippen LogP contribution in [0.4, 0.5) is 0 Å². The Kier molecular flexibility index (Phi) is 11.4. The Labute approximate surface area is 328 Å². The van der Waals surface area contributed by atoms with Gasteiger partial charge in [-0.3, -0.25) is 23.9 Å². The van der Waals surface area contributed by atoms with Crippen LogP contribution in [0.5, 0.6) is 11.6 Å². The molecule has 5 atom stereocenters. The Morgan fingerprint density at radius 2 is 1.77 bits per heavy atom. The molecule has 1 aromatic carbocycles. The molecule has 0 unspecified atom stereocenters. The summed E-state index contributed by atoms with van der Waals surface area (Å²) in [7, 11) is -2.42. The molecule has 0 bridgehead atoms. The van der Waals surface area contributed by atoms with Gasteiger partial charge in [0.1, 0.15) is 35.2 Å². The number of benzene rings is 1. The zero-order chi connectivity index (χ0) is 39.8. The number of ether oxygens (including phenoxy) is 3. The highest BCUT2D eigenvalue weighted by Gasteiger charge is 2.63. The smallest absolute Gasteiger partial charge is 0.306 e. The number of esters is 1. The van der Waals surface area contributed by atoms with Crippen molar-refractivity contribution < 1.29 is 41.8 Å². The molecule has 7 rings (SSSR count). The number of nitrogens with zero attached hydrogens (tertiary/aromatic N) is 3. The van der Waals surface area contributed by atoms with Crippen LogP contribution in [0, 0.1) is 11.8 Å². The Morgan fingerprint density at radius 3 is 2.48 bits per heavy atom. The Balaban J connectivity index is 1.20. The van der Waals surface area contributed by atoms with Crippen molar-refractivity contribution in [3.05, 3.63) is 36.0 Å². The Bertz CT molecular complexity index is 1990. The molecule has 2 aromatic rings. The molecular weight excluding hydrogens is 739 g/mol. The predicted molar refractivity (Wildman–Crippen MR) is 207 cm³/mol. The summed E-state index contributed by atoms with van der Waals surface area (Å²) in [6.45, 7) is 5.58. The van der Waals surface area contributed by atoms with Crippen LogP contribution in [0.25, 0.3) is 11.0 Å². The molecule has 56 heavy (non-hydrogen) atoms. The lowest BCUT2D eigenvalue weighted by Crippen LogP contribution is -2.57. The molecule has 14 nitrogen and oxygen atoms in total. The average molecular weight is 794 g/mol. The van der Waals surface area contributed by atoms with Gasteiger partial charge in [-0.25, -0.2) is 18.4 Å². The van der Waals surface area contributed by atoms with E-state index in [0.29, 0.717) is 48.2 Å². The highest BCUT2D eigenvalue weighted by Crippen LogP contribution is 2.47. The number of sulfonamides is 1. The SMILES string of the molecule is COc1ccc2nc(C(C)C)c(O[C@@H]3C[C@H]4C(=O)N[C@]5(C(=O)NS(=O)(=O)C6(C)CC6)C[C@H]5/C=C\CCCCC[C@H](CC(=O)OC5CCCC5)C(=O)N4C3)nc2c1. The molecule has 4 fully saturated rings. The van der Waals surface area contributed by atoms with E-state index < -0.39 is 62.1 Å². The Morgan fingerprint density at radius 1 is 1.02 bits per heavy atom. The number of allylic oxidation sites excluding steroid dienone is 1. The number of methoxy groups -OCH3 is 1. The topological polar surface area (TPSA) is 183 Å². The molecule has 0 spiro atoms. The van der Waals surface area contributed by atoms with Crippen LogP contribution in [0.1, 0.15) is 122 Å². The number of aromatic nitrogens is 2. The zero-order valence-electron chi connectivity index (χ0n) is 32.9. The number of fused-ring (bicyclic) bond motifs is 3. The minimum Gasteiger partial charge on any atom is -0.497 e. The van der Waals surface area contributed by atoms with Crippen LogP contribution in [0.3, 0.4) is 0 Å². The van der Waals surface area contributed by atoms with Gasteiger partial charge in [-0.1, -0.05) is 38.8 Å². The summed E-state index contributed by atoms with van der Waals surface area (Å²) in [6, 6.07) is 4.32. The Hall–Kier alpha value is -4.27. The van der Waals surface area contributed by atoms with Gasteiger partial charge in [0.15, 0.2) is 0 Å². The fourth-order valence-electron chi connectivity index (χ4n) is 8.30. The maximum absolute atomic E-state index is 14.7. The number of hydrogen-bond donors (Lipinski definition) is 2. The summed E-state index contributed by atoms with van der Waals surface area (Å²) in [5, 5.41) is 2.93. The second-order valence-electron chi connectivity index (χ2n) is 16.9. The van der Waals surface area contributed by atoms with Gasteiger partial charge in [-0.15, -0.1) is 0 Å². The van der Waals surface area contributed by atoms with Crippen LogP contribution >= 0.6 is 0 Å². The molecule has 0 radical (unpaired) electrons. The van der Waals surface area contributed by atoms with Gasteiger partial charge in [0.25, 0.3) is 5.91 Å². The van der Waals surface area contributed by atoms with Crippen LogP contribution < -0.4 is 19.5 Å². The molecule has 3 aliphatic carbocycles. The van der Waals surface area contributed by atoms with Crippen molar-refractivity contribution in [2.24, 2.45) is 11.8 Å². The van der Waals surface area contributed by atoms with E-state index in [0.717, 1.165) is 44.9 Å². The summed E-state index contributed by atoms with van der Waals surface area (Å²) < 4.78 is 45.4. The molecular formula is C41H55N5O9S. The lowest BCUT2D eigenvalue weighted by atomic mass is 9.95. The highest BCUT2D eigenvalue weighted by atomic mass is 32.2. The summed E-state index contributed by atoms with van der Waals surface area (Å²) >= 11 is 0. The number of rotatable bonds is 10. The third-order valence-corrected chi connectivity index (χ3v) is 14.4. The van der Waals surface area contributed by atoms with E-state index in [1.165, 1.54) is 4.90 Å². The third kappa shape index (κ3) is 8.38. The number of carbonyl (C=O) groups excluding carboxylic acids is 4. The minimum atomic E-state index is -3.98. The second-order valence-corrected chi connectivity index (χ2v) is 19.1. The highest BCUT2D eigenvalue weighted by molar-refractivity contribution is 7.91. The fourth-order valence-corrected chi connectivity index (χ4v) is 9.61. The lowest BCUT2D eigenvalue weighted by Gasteiger charge is -2.29. The summed E-state index contributed by atoms with van der Waals surface area (Å²) in [4.78, 5) is 67.5. The van der Waals surface area contributed by atoms with Crippen LogP contribution in [-0.4, -0.2) is 89.2 Å².